The van der Waals surface area contributed by atoms with Crippen LogP contribution in [0.3, 0.4) is 0 Å². The van der Waals surface area contributed by atoms with E-state index in [4.69, 9.17) is 5.11 Å². The van der Waals surface area contributed by atoms with E-state index in [1.165, 1.54) is 6.07 Å². The highest BCUT2D eigenvalue weighted by molar-refractivity contribution is 5.66. The average Bonchev–Trinajstić information content (AvgIpc) is 2.45. The Hall–Kier alpha value is -1.85. The predicted octanol–water partition coefficient (Wildman–Crippen LogP) is 1.41. The van der Waals surface area contributed by atoms with Gasteiger partial charge in [-0.1, -0.05) is 6.92 Å². The van der Waals surface area contributed by atoms with Crippen LogP contribution in [0, 0.1) is 5.92 Å². The van der Waals surface area contributed by atoms with Crippen molar-refractivity contribution in [3.8, 4) is 0 Å². The van der Waals surface area contributed by atoms with Gasteiger partial charge < -0.3 is 15.0 Å². The number of aromatic amines is 1. The lowest BCUT2D eigenvalue weighted by atomic mass is 9.92. The molecule has 0 bridgehead atoms. The van der Waals surface area contributed by atoms with E-state index >= 15 is 0 Å². The molecular formula is C14H21N3O3. The number of aliphatic carboxylic acids is 1. The number of carboxylic acids is 1. The van der Waals surface area contributed by atoms with Crippen LogP contribution in [0.2, 0.25) is 0 Å². The number of aryl methyl sites for hydroxylation is 1. The van der Waals surface area contributed by atoms with E-state index in [-0.39, 0.29) is 12.0 Å². The molecule has 6 nitrogen and oxygen atoms in total. The van der Waals surface area contributed by atoms with Gasteiger partial charge in [0.15, 0.2) is 0 Å². The van der Waals surface area contributed by atoms with Crippen molar-refractivity contribution in [3.05, 3.63) is 22.2 Å². The second-order valence-electron chi connectivity index (χ2n) is 5.27. The minimum absolute atomic E-state index is 0.111. The van der Waals surface area contributed by atoms with Crippen LogP contribution in [0.5, 0.6) is 0 Å². The van der Waals surface area contributed by atoms with Gasteiger partial charge >= 0.3 is 5.97 Å². The van der Waals surface area contributed by atoms with Crippen LogP contribution in [-0.2, 0) is 11.2 Å². The maximum Gasteiger partial charge on any atom is 0.303 e. The summed E-state index contributed by atoms with van der Waals surface area (Å²) in [6, 6.07) is 1.54. The second kappa shape index (κ2) is 6.54. The molecule has 1 aliphatic heterocycles. The molecule has 6 heteroatoms. The second-order valence-corrected chi connectivity index (χ2v) is 5.27. The first-order valence-electron chi connectivity index (χ1n) is 7.15. The van der Waals surface area contributed by atoms with Crippen molar-refractivity contribution in [2.75, 3.05) is 18.0 Å². The lowest BCUT2D eigenvalue weighted by Gasteiger charge is -2.32. The number of piperidine rings is 1. The van der Waals surface area contributed by atoms with Crippen LogP contribution < -0.4 is 10.5 Å². The summed E-state index contributed by atoms with van der Waals surface area (Å²) in [4.78, 5) is 31.4. The summed E-state index contributed by atoms with van der Waals surface area (Å²) in [5, 5.41) is 8.70. The molecule has 0 atom stereocenters. The number of aromatic nitrogens is 2. The Morgan fingerprint density at radius 1 is 1.50 bits per heavy atom. The van der Waals surface area contributed by atoms with Crippen LogP contribution >= 0.6 is 0 Å². The zero-order chi connectivity index (χ0) is 14.5. The van der Waals surface area contributed by atoms with Gasteiger partial charge in [0.25, 0.3) is 5.56 Å². The molecule has 0 aromatic carbocycles. The Kier molecular flexibility index (Phi) is 4.76. The molecule has 20 heavy (non-hydrogen) atoms. The lowest BCUT2D eigenvalue weighted by molar-refractivity contribution is -0.137. The first kappa shape index (κ1) is 14.6. The van der Waals surface area contributed by atoms with Crippen molar-refractivity contribution in [1.82, 2.24) is 9.97 Å². The van der Waals surface area contributed by atoms with Crippen LogP contribution in [0.4, 0.5) is 5.82 Å². The van der Waals surface area contributed by atoms with Crippen molar-refractivity contribution >= 4 is 11.8 Å². The van der Waals surface area contributed by atoms with Crippen molar-refractivity contribution in [2.24, 2.45) is 5.92 Å². The molecule has 1 fully saturated rings. The highest BCUT2D eigenvalue weighted by atomic mass is 16.4. The third kappa shape index (κ3) is 3.82. The van der Waals surface area contributed by atoms with Gasteiger partial charge in [-0.05, 0) is 25.2 Å². The molecule has 2 heterocycles. The molecule has 1 aliphatic rings. The number of rotatable bonds is 5. The number of hydrogen-bond donors (Lipinski definition) is 2. The summed E-state index contributed by atoms with van der Waals surface area (Å²) in [6.07, 6.45) is 3.62. The number of carbonyl (C=O) groups is 1. The van der Waals surface area contributed by atoms with E-state index in [1.807, 2.05) is 6.92 Å². The van der Waals surface area contributed by atoms with Crippen LogP contribution in [0.25, 0.3) is 0 Å². The molecule has 0 aliphatic carbocycles. The molecule has 0 spiro atoms. The van der Waals surface area contributed by atoms with Gasteiger partial charge in [0.2, 0.25) is 0 Å². The number of hydrogen-bond acceptors (Lipinski definition) is 4. The number of H-pyrrole nitrogens is 1. The maximum atomic E-state index is 11.6. The van der Waals surface area contributed by atoms with Crippen molar-refractivity contribution in [1.29, 1.82) is 0 Å². The first-order chi connectivity index (χ1) is 9.58. The summed E-state index contributed by atoms with van der Waals surface area (Å²) >= 11 is 0. The minimum atomic E-state index is -0.726. The Bertz CT molecular complexity index is 519. The largest absolute Gasteiger partial charge is 0.481 e. The molecule has 0 saturated carbocycles. The number of anilines is 1. The topological polar surface area (TPSA) is 86.3 Å². The Morgan fingerprint density at radius 2 is 2.20 bits per heavy atom. The van der Waals surface area contributed by atoms with Gasteiger partial charge in [0.05, 0.1) is 0 Å². The Labute approximate surface area is 117 Å². The van der Waals surface area contributed by atoms with E-state index < -0.39 is 5.97 Å². The van der Waals surface area contributed by atoms with E-state index in [9.17, 15) is 9.59 Å². The van der Waals surface area contributed by atoms with Crippen molar-refractivity contribution < 1.29 is 9.90 Å². The SMILES string of the molecule is CCc1nc(N2CCC(CCC(=O)O)CC2)cc(=O)[nH]1. The fourth-order valence-electron chi connectivity index (χ4n) is 2.60. The maximum absolute atomic E-state index is 11.6. The number of carboxylic acid groups (broad SMARTS) is 1. The third-order valence-electron chi connectivity index (χ3n) is 3.82. The first-order valence-corrected chi connectivity index (χ1v) is 7.15. The molecule has 1 aromatic heterocycles. The smallest absolute Gasteiger partial charge is 0.303 e. The van der Waals surface area contributed by atoms with Gasteiger partial charge in [-0.25, -0.2) is 4.98 Å². The zero-order valence-electron chi connectivity index (χ0n) is 11.8. The van der Waals surface area contributed by atoms with Gasteiger partial charge in [0, 0.05) is 32.0 Å². The zero-order valence-corrected chi connectivity index (χ0v) is 11.8. The fourth-order valence-corrected chi connectivity index (χ4v) is 2.60. The molecule has 2 rings (SSSR count). The van der Waals surface area contributed by atoms with Crippen LogP contribution in [-0.4, -0.2) is 34.1 Å². The third-order valence-corrected chi connectivity index (χ3v) is 3.82. The molecule has 1 aromatic rings. The summed E-state index contributed by atoms with van der Waals surface area (Å²) in [5.74, 6) is 1.19. The quantitative estimate of drug-likeness (QED) is 0.851. The summed E-state index contributed by atoms with van der Waals surface area (Å²) in [5.41, 5.74) is -0.111. The average molecular weight is 279 g/mol. The van der Waals surface area contributed by atoms with Gasteiger partial charge in [-0.2, -0.15) is 0 Å². The van der Waals surface area contributed by atoms with Gasteiger partial charge in [-0.3, -0.25) is 9.59 Å². The highest BCUT2D eigenvalue weighted by Crippen LogP contribution is 2.24. The van der Waals surface area contributed by atoms with E-state index in [0.29, 0.717) is 18.2 Å². The Balaban J connectivity index is 1.95. The van der Waals surface area contributed by atoms with E-state index in [0.717, 1.165) is 38.2 Å². The van der Waals surface area contributed by atoms with Gasteiger partial charge in [-0.15, -0.1) is 0 Å². The molecular weight excluding hydrogens is 258 g/mol. The molecule has 2 N–H and O–H groups in total. The van der Waals surface area contributed by atoms with E-state index in [2.05, 4.69) is 14.9 Å². The highest BCUT2D eigenvalue weighted by Gasteiger charge is 2.21. The van der Waals surface area contributed by atoms with Crippen molar-refractivity contribution in [2.45, 2.75) is 39.0 Å². The van der Waals surface area contributed by atoms with Crippen molar-refractivity contribution in [3.63, 3.8) is 0 Å². The monoisotopic (exact) mass is 279 g/mol. The molecule has 0 radical (unpaired) electrons. The minimum Gasteiger partial charge on any atom is -0.481 e. The summed E-state index contributed by atoms with van der Waals surface area (Å²) in [7, 11) is 0. The predicted molar refractivity (Wildman–Crippen MR) is 76.0 cm³/mol. The molecule has 0 unspecified atom stereocenters. The Morgan fingerprint density at radius 3 is 2.80 bits per heavy atom. The number of nitrogens with zero attached hydrogens (tertiary/aromatic N) is 2. The standard InChI is InChI=1S/C14H21N3O3/c1-2-11-15-12(9-13(18)16-11)17-7-5-10(6-8-17)3-4-14(19)20/h9-10H,2-8H2,1H3,(H,19,20)(H,15,16,18). The number of nitrogens with one attached hydrogen (secondary N) is 1. The van der Waals surface area contributed by atoms with Crippen LogP contribution in [0.15, 0.2) is 10.9 Å². The summed E-state index contributed by atoms with van der Waals surface area (Å²) < 4.78 is 0. The van der Waals surface area contributed by atoms with E-state index in [1.54, 1.807) is 0 Å². The fraction of sp³-hybridized carbons (Fsp3) is 0.643. The molecule has 1 saturated heterocycles. The summed E-state index contributed by atoms with van der Waals surface area (Å²) in [6.45, 7) is 3.63. The lowest BCUT2D eigenvalue weighted by Crippen LogP contribution is -2.35. The molecule has 110 valence electrons. The molecule has 0 amide bonds. The van der Waals surface area contributed by atoms with Crippen LogP contribution in [0.1, 0.15) is 38.4 Å². The van der Waals surface area contributed by atoms with Gasteiger partial charge in [0.1, 0.15) is 11.6 Å². The normalized spacial score (nSPS) is 16.4.